The Morgan fingerprint density at radius 1 is 1.09 bits per heavy atom. The number of sulfone groups is 1. The molecule has 5 aliphatic rings. The predicted molar refractivity (Wildman–Crippen MR) is 130 cm³/mol. The fourth-order valence-electron chi connectivity index (χ4n) is 7.93. The second kappa shape index (κ2) is 8.35. The molecule has 7 heteroatoms. The lowest BCUT2D eigenvalue weighted by Gasteiger charge is -2.61. The second-order valence-electron chi connectivity index (χ2n) is 11.6. The first-order chi connectivity index (χ1) is 16.0. The average molecular weight is 488 g/mol. The Hall–Kier alpha value is -1.89. The van der Waals surface area contributed by atoms with Gasteiger partial charge >= 0.3 is 5.97 Å². The number of esters is 1. The van der Waals surface area contributed by atoms with Gasteiger partial charge in [0.05, 0.1) is 16.9 Å². The SMILES string of the molecule is CCN(C(=O)COC(=O)C12C[C@H]3C[C@@H](C1)CC(c1ccc(C)c(C)c1)(C3)C2)[C@H]1CCS(=O)(=O)C1. The highest BCUT2D eigenvalue weighted by molar-refractivity contribution is 7.91. The van der Waals surface area contributed by atoms with E-state index in [0.717, 1.165) is 32.1 Å². The summed E-state index contributed by atoms with van der Waals surface area (Å²) in [4.78, 5) is 28.0. The smallest absolute Gasteiger partial charge is 0.312 e. The number of carbonyl (C=O) groups is 2. The van der Waals surface area contributed by atoms with Gasteiger partial charge in [0.15, 0.2) is 16.4 Å². The van der Waals surface area contributed by atoms with Gasteiger partial charge < -0.3 is 9.64 Å². The molecule has 2 unspecified atom stereocenters. The zero-order valence-corrected chi connectivity index (χ0v) is 21.5. The predicted octanol–water partition coefficient (Wildman–Crippen LogP) is 3.72. The van der Waals surface area contributed by atoms with Crippen molar-refractivity contribution in [1.82, 2.24) is 4.90 Å². The molecule has 4 bridgehead atoms. The highest BCUT2D eigenvalue weighted by Crippen LogP contribution is 2.66. The largest absolute Gasteiger partial charge is 0.455 e. The average Bonchev–Trinajstić information content (AvgIpc) is 3.12. The van der Waals surface area contributed by atoms with Crippen molar-refractivity contribution in [3.8, 4) is 0 Å². The number of hydrogen-bond donors (Lipinski definition) is 0. The summed E-state index contributed by atoms with van der Waals surface area (Å²) in [5.41, 5.74) is 3.47. The number of hydrogen-bond acceptors (Lipinski definition) is 5. The molecular formula is C27H37NO5S. The minimum Gasteiger partial charge on any atom is -0.455 e. The van der Waals surface area contributed by atoms with Crippen molar-refractivity contribution in [2.45, 2.75) is 77.2 Å². The normalized spacial score (nSPS) is 35.3. The van der Waals surface area contributed by atoms with Crippen molar-refractivity contribution >= 4 is 21.7 Å². The Morgan fingerprint density at radius 2 is 1.79 bits per heavy atom. The van der Waals surface area contributed by atoms with Gasteiger partial charge in [0, 0.05) is 12.6 Å². The molecule has 0 aromatic heterocycles. The topological polar surface area (TPSA) is 80.8 Å². The van der Waals surface area contributed by atoms with Crippen LogP contribution in [0.4, 0.5) is 0 Å². The number of carbonyl (C=O) groups excluding carboxylic acids is 2. The van der Waals surface area contributed by atoms with Crippen LogP contribution in [0.2, 0.25) is 0 Å². The Morgan fingerprint density at radius 3 is 2.38 bits per heavy atom. The summed E-state index contributed by atoms with van der Waals surface area (Å²) in [7, 11) is -3.09. The van der Waals surface area contributed by atoms with E-state index in [2.05, 4.69) is 32.0 Å². The van der Waals surface area contributed by atoms with E-state index in [9.17, 15) is 18.0 Å². The van der Waals surface area contributed by atoms with E-state index >= 15 is 0 Å². The molecule has 1 heterocycles. The van der Waals surface area contributed by atoms with Gasteiger partial charge in [-0.1, -0.05) is 18.2 Å². The third-order valence-corrected chi connectivity index (χ3v) is 11.0. The summed E-state index contributed by atoms with van der Waals surface area (Å²) in [6, 6.07) is 6.47. The molecule has 186 valence electrons. The van der Waals surface area contributed by atoms with E-state index in [1.54, 1.807) is 4.90 Å². The fourth-order valence-corrected chi connectivity index (χ4v) is 9.66. The van der Waals surface area contributed by atoms with E-state index in [1.165, 1.54) is 23.1 Å². The molecule has 5 atom stereocenters. The van der Waals surface area contributed by atoms with Crippen molar-refractivity contribution in [1.29, 1.82) is 0 Å². The van der Waals surface area contributed by atoms with Gasteiger partial charge in [-0.25, -0.2) is 8.42 Å². The molecule has 6 rings (SSSR count). The van der Waals surface area contributed by atoms with Crippen LogP contribution >= 0.6 is 0 Å². The number of likely N-dealkylation sites (N-methyl/N-ethyl adjacent to an activating group) is 1. The molecule has 0 spiro atoms. The van der Waals surface area contributed by atoms with Crippen LogP contribution in [-0.2, 0) is 29.6 Å². The highest BCUT2D eigenvalue weighted by atomic mass is 32.2. The zero-order chi connectivity index (χ0) is 24.3. The molecular weight excluding hydrogens is 450 g/mol. The van der Waals surface area contributed by atoms with Crippen LogP contribution in [-0.4, -0.2) is 55.9 Å². The lowest BCUT2D eigenvalue weighted by Crippen LogP contribution is -2.57. The van der Waals surface area contributed by atoms with Crippen LogP contribution in [0.3, 0.4) is 0 Å². The molecule has 1 aromatic rings. The third-order valence-electron chi connectivity index (χ3n) is 9.25. The lowest BCUT2D eigenvalue weighted by atomic mass is 9.43. The molecule has 4 saturated carbocycles. The lowest BCUT2D eigenvalue weighted by molar-refractivity contribution is -0.177. The Labute approximate surface area is 203 Å². The number of aryl methyl sites for hydroxylation is 2. The fraction of sp³-hybridized carbons (Fsp3) is 0.704. The van der Waals surface area contributed by atoms with Crippen LogP contribution in [0.5, 0.6) is 0 Å². The molecule has 1 saturated heterocycles. The minimum atomic E-state index is -3.09. The second-order valence-corrected chi connectivity index (χ2v) is 13.9. The van der Waals surface area contributed by atoms with Crippen LogP contribution in [0, 0.1) is 31.1 Å². The summed E-state index contributed by atoms with van der Waals surface area (Å²) in [5, 5.41) is 0. The quantitative estimate of drug-likeness (QED) is 0.572. The Bertz CT molecular complexity index is 1100. The maximum atomic E-state index is 13.5. The van der Waals surface area contributed by atoms with Crippen molar-refractivity contribution in [2.24, 2.45) is 17.3 Å². The number of benzene rings is 1. The van der Waals surface area contributed by atoms with E-state index in [4.69, 9.17) is 4.74 Å². The van der Waals surface area contributed by atoms with Crippen LogP contribution in [0.15, 0.2) is 18.2 Å². The molecule has 1 amide bonds. The molecule has 4 aliphatic carbocycles. The first-order valence-corrected chi connectivity index (χ1v) is 14.6. The maximum Gasteiger partial charge on any atom is 0.312 e. The molecule has 5 fully saturated rings. The zero-order valence-electron chi connectivity index (χ0n) is 20.6. The van der Waals surface area contributed by atoms with Crippen LogP contribution in [0.1, 0.15) is 68.6 Å². The number of rotatable bonds is 6. The highest BCUT2D eigenvalue weighted by Gasteiger charge is 2.61. The van der Waals surface area contributed by atoms with E-state index in [1.807, 2.05) is 6.92 Å². The molecule has 1 aliphatic heterocycles. The molecule has 34 heavy (non-hydrogen) atoms. The third kappa shape index (κ3) is 4.08. The van der Waals surface area contributed by atoms with E-state index in [0.29, 0.717) is 24.8 Å². The molecule has 1 aromatic carbocycles. The number of nitrogens with zero attached hydrogens (tertiary/aromatic N) is 1. The van der Waals surface area contributed by atoms with Gasteiger partial charge in [-0.3, -0.25) is 9.59 Å². The maximum absolute atomic E-state index is 13.5. The van der Waals surface area contributed by atoms with Crippen molar-refractivity contribution in [2.75, 3.05) is 24.7 Å². The molecule has 6 nitrogen and oxygen atoms in total. The first-order valence-electron chi connectivity index (χ1n) is 12.8. The van der Waals surface area contributed by atoms with Gasteiger partial charge in [0.1, 0.15) is 0 Å². The van der Waals surface area contributed by atoms with Gasteiger partial charge in [0.2, 0.25) is 0 Å². The Kier molecular flexibility index (Phi) is 5.85. The monoisotopic (exact) mass is 487 g/mol. The van der Waals surface area contributed by atoms with Crippen molar-refractivity contribution < 1.29 is 22.7 Å². The molecule has 0 N–H and O–H groups in total. The van der Waals surface area contributed by atoms with E-state index < -0.39 is 15.3 Å². The molecule has 0 radical (unpaired) electrons. The van der Waals surface area contributed by atoms with Crippen molar-refractivity contribution in [3.05, 3.63) is 34.9 Å². The van der Waals surface area contributed by atoms with Gasteiger partial charge in [0.25, 0.3) is 5.91 Å². The summed E-state index contributed by atoms with van der Waals surface area (Å²) in [5.74, 6) is 0.675. The van der Waals surface area contributed by atoms with Gasteiger partial charge in [-0.05, 0) is 99.7 Å². The first kappa shape index (κ1) is 23.8. The number of ether oxygens (including phenoxy) is 1. The summed E-state index contributed by atoms with van der Waals surface area (Å²) >= 11 is 0. The summed E-state index contributed by atoms with van der Waals surface area (Å²) < 4.78 is 29.5. The van der Waals surface area contributed by atoms with Gasteiger partial charge in [-0.15, -0.1) is 0 Å². The standard InChI is InChI=1S/C27H37NO5S/c1-4-28(23-7-8-34(31,32)16-23)24(29)15-33-25(30)27-13-20-10-21(14-27)12-26(11-20,17-27)22-6-5-18(2)19(3)9-22/h5-6,9,20-21,23H,4,7-8,10-17H2,1-3H3/t20-,21+,23-,26?,27?/m0/s1. The van der Waals surface area contributed by atoms with Crippen LogP contribution < -0.4 is 0 Å². The summed E-state index contributed by atoms with van der Waals surface area (Å²) in [6.45, 7) is 6.26. The minimum absolute atomic E-state index is 0.00626. The summed E-state index contributed by atoms with van der Waals surface area (Å²) in [6.07, 6.45) is 6.46. The van der Waals surface area contributed by atoms with E-state index in [-0.39, 0.29) is 41.4 Å². The Balaban J connectivity index is 1.31. The van der Waals surface area contributed by atoms with Crippen LogP contribution in [0.25, 0.3) is 0 Å². The van der Waals surface area contributed by atoms with Gasteiger partial charge in [-0.2, -0.15) is 0 Å². The van der Waals surface area contributed by atoms with Crippen molar-refractivity contribution in [3.63, 3.8) is 0 Å². The number of amides is 1.